The molecule has 1 fully saturated rings. The van der Waals surface area contributed by atoms with Crippen molar-refractivity contribution in [2.45, 2.75) is 18.7 Å². The van der Waals surface area contributed by atoms with E-state index in [-0.39, 0.29) is 11.9 Å². The molecule has 0 spiro atoms. The van der Waals surface area contributed by atoms with E-state index in [0.717, 1.165) is 30.9 Å². The smallest absolute Gasteiger partial charge is 0.232 e. The molecule has 0 aliphatic carbocycles. The molecule has 1 atom stereocenters. The summed E-state index contributed by atoms with van der Waals surface area (Å²) in [7, 11) is 0. The molecule has 5 nitrogen and oxygen atoms in total. The van der Waals surface area contributed by atoms with Crippen LogP contribution in [0.25, 0.3) is 11.5 Å². The molecule has 23 heavy (non-hydrogen) atoms. The van der Waals surface area contributed by atoms with Crippen molar-refractivity contribution in [2.24, 2.45) is 0 Å². The molecule has 3 rings (SSSR count). The van der Waals surface area contributed by atoms with Gasteiger partial charge in [-0.3, -0.25) is 4.79 Å². The molecule has 2 aromatic rings. The number of aromatic nitrogens is 1. The second kappa shape index (κ2) is 7.66. The number of amides is 1. The van der Waals surface area contributed by atoms with Gasteiger partial charge in [0.15, 0.2) is 0 Å². The highest BCUT2D eigenvalue weighted by molar-refractivity contribution is 7.99. The summed E-state index contributed by atoms with van der Waals surface area (Å²) < 4.78 is 5.51. The van der Waals surface area contributed by atoms with Gasteiger partial charge in [0.05, 0.1) is 11.4 Å². The summed E-state index contributed by atoms with van der Waals surface area (Å²) in [5, 5.41) is 3.30. The Morgan fingerprint density at radius 3 is 3.04 bits per heavy atom. The quantitative estimate of drug-likeness (QED) is 0.912. The van der Waals surface area contributed by atoms with E-state index < -0.39 is 0 Å². The van der Waals surface area contributed by atoms with Gasteiger partial charge in [0, 0.05) is 37.0 Å². The maximum absolute atomic E-state index is 12.3. The molecule has 1 aliphatic rings. The summed E-state index contributed by atoms with van der Waals surface area (Å²) in [6.07, 6.45) is 1.67. The van der Waals surface area contributed by atoms with Crippen LogP contribution < -0.4 is 5.32 Å². The van der Waals surface area contributed by atoms with Crippen LogP contribution in [0.4, 0.5) is 0 Å². The third kappa shape index (κ3) is 4.14. The van der Waals surface area contributed by atoms with Crippen molar-refractivity contribution in [1.29, 1.82) is 0 Å². The van der Waals surface area contributed by atoms with Crippen LogP contribution in [0.3, 0.4) is 0 Å². The molecule has 0 unspecified atom stereocenters. The van der Waals surface area contributed by atoms with Crippen LogP contribution in [0, 0.1) is 0 Å². The molecule has 2 heterocycles. The fraction of sp³-hybridized carbons (Fsp3) is 0.412. The van der Waals surface area contributed by atoms with Gasteiger partial charge in [-0.15, -0.1) is 11.8 Å². The van der Waals surface area contributed by atoms with Gasteiger partial charge in [-0.1, -0.05) is 18.2 Å². The van der Waals surface area contributed by atoms with Gasteiger partial charge in [0.1, 0.15) is 6.26 Å². The zero-order valence-electron chi connectivity index (χ0n) is 13.2. The van der Waals surface area contributed by atoms with Gasteiger partial charge < -0.3 is 14.6 Å². The van der Waals surface area contributed by atoms with Crippen LogP contribution in [0.15, 0.2) is 41.0 Å². The number of thioether (sulfide) groups is 1. The van der Waals surface area contributed by atoms with E-state index in [9.17, 15) is 4.79 Å². The standard InChI is InChI=1S/C17H21N3O2S/c1-13-9-18-7-8-20(13)16(21)12-23-11-15-10-22-17(19-15)14-5-3-2-4-6-14/h2-6,10,13,18H,7-9,11-12H2,1H3/t13-/m1/s1. The number of rotatable bonds is 5. The first-order chi connectivity index (χ1) is 11.2. The van der Waals surface area contributed by atoms with Crippen molar-refractivity contribution in [3.63, 3.8) is 0 Å². The van der Waals surface area contributed by atoms with Crippen molar-refractivity contribution in [2.75, 3.05) is 25.4 Å². The van der Waals surface area contributed by atoms with Crippen molar-refractivity contribution in [3.05, 3.63) is 42.3 Å². The number of hydrogen-bond donors (Lipinski definition) is 1. The highest BCUT2D eigenvalue weighted by atomic mass is 32.2. The summed E-state index contributed by atoms with van der Waals surface area (Å²) in [6.45, 7) is 4.63. The Morgan fingerprint density at radius 2 is 2.26 bits per heavy atom. The largest absolute Gasteiger partial charge is 0.444 e. The Labute approximate surface area is 140 Å². The normalized spacial score (nSPS) is 18.1. The maximum Gasteiger partial charge on any atom is 0.232 e. The number of benzene rings is 1. The number of carbonyl (C=O) groups is 1. The molecule has 1 aliphatic heterocycles. The summed E-state index contributed by atoms with van der Waals surface area (Å²) >= 11 is 1.58. The van der Waals surface area contributed by atoms with Crippen molar-refractivity contribution in [1.82, 2.24) is 15.2 Å². The lowest BCUT2D eigenvalue weighted by atomic mass is 10.2. The van der Waals surface area contributed by atoms with E-state index in [4.69, 9.17) is 4.42 Å². The minimum atomic E-state index is 0.204. The first-order valence-corrected chi connectivity index (χ1v) is 8.97. The molecule has 1 aromatic carbocycles. The third-order valence-electron chi connectivity index (χ3n) is 3.87. The van der Waals surface area contributed by atoms with Gasteiger partial charge in [-0.25, -0.2) is 4.98 Å². The molecule has 1 amide bonds. The molecule has 0 saturated carbocycles. The highest BCUT2D eigenvalue weighted by Gasteiger charge is 2.22. The SMILES string of the molecule is C[C@@H]1CNCCN1C(=O)CSCc1coc(-c2ccccc2)n1. The highest BCUT2D eigenvalue weighted by Crippen LogP contribution is 2.20. The Kier molecular flexibility index (Phi) is 5.35. The summed E-state index contributed by atoms with van der Waals surface area (Å²) in [4.78, 5) is 18.7. The number of hydrogen-bond acceptors (Lipinski definition) is 5. The van der Waals surface area contributed by atoms with Gasteiger partial charge in [0.25, 0.3) is 0 Å². The van der Waals surface area contributed by atoms with Gasteiger partial charge >= 0.3 is 0 Å². The van der Waals surface area contributed by atoms with Crippen molar-refractivity contribution < 1.29 is 9.21 Å². The zero-order chi connectivity index (χ0) is 16.1. The van der Waals surface area contributed by atoms with E-state index in [2.05, 4.69) is 17.2 Å². The molecular formula is C17H21N3O2S. The fourth-order valence-electron chi connectivity index (χ4n) is 2.62. The number of piperazine rings is 1. The third-order valence-corrected chi connectivity index (χ3v) is 4.82. The minimum absolute atomic E-state index is 0.204. The Bertz CT molecular complexity index is 644. The molecule has 1 aromatic heterocycles. The molecule has 0 bridgehead atoms. The van der Waals surface area contributed by atoms with E-state index in [1.165, 1.54) is 0 Å². The molecular weight excluding hydrogens is 310 g/mol. The van der Waals surface area contributed by atoms with Crippen LogP contribution in [-0.4, -0.2) is 47.2 Å². The van der Waals surface area contributed by atoms with Gasteiger partial charge in [-0.2, -0.15) is 0 Å². The Hall–Kier alpha value is -1.79. The van der Waals surface area contributed by atoms with Crippen LogP contribution in [0.1, 0.15) is 12.6 Å². The number of oxazole rings is 1. The molecule has 122 valence electrons. The Balaban J connectivity index is 1.49. The zero-order valence-corrected chi connectivity index (χ0v) is 14.0. The van der Waals surface area contributed by atoms with Gasteiger partial charge in [0.2, 0.25) is 11.8 Å². The van der Waals surface area contributed by atoms with Gasteiger partial charge in [-0.05, 0) is 19.1 Å². The predicted octanol–water partition coefficient (Wildman–Crippen LogP) is 2.40. The fourth-order valence-corrected chi connectivity index (χ4v) is 3.41. The van der Waals surface area contributed by atoms with Crippen LogP contribution in [0.2, 0.25) is 0 Å². The van der Waals surface area contributed by atoms with E-state index in [1.54, 1.807) is 18.0 Å². The lowest BCUT2D eigenvalue weighted by molar-refractivity contribution is -0.131. The first-order valence-electron chi connectivity index (χ1n) is 7.82. The van der Waals surface area contributed by atoms with E-state index in [1.807, 2.05) is 35.2 Å². The lowest BCUT2D eigenvalue weighted by Gasteiger charge is -2.33. The van der Waals surface area contributed by atoms with E-state index in [0.29, 0.717) is 17.4 Å². The first kappa shape index (κ1) is 16.1. The summed E-state index contributed by atoms with van der Waals surface area (Å²) in [5.74, 6) is 2.00. The molecule has 1 saturated heterocycles. The second-order valence-electron chi connectivity index (χ2n) is 5.64. The van der Waals surface area contributed by atoms with Crippen LogP contribution in [0.5, 0.6) is 0 Å². The number of carbonyl (C=O) groups excluding carboxylic acids is 1. The predicted molar refractivity (Wildman–Crippen MR) is 92.1 cm³/mol. The average molecular weight is 331 g/mol. The topological polar surface area (TPSA) is 58.4 Å². The van der Waals surface area contributed by atoms with Crippen molar-refractivity contribution in [3.8, 4) is 11.5 Å². The molecule has 0 radical (unpaired) electrons. The monoisotopic (exact) mass is 331 g/mol. The van der Waals surface area contributed by atoms with E-state index >= 15 is 0 Å². The van der Waals surface area contributed by atoms with Crippen molar-refractivity contribution >= 4 is 17.7 Å². The van der Waals surface area contributed by atoms with Crippen LogP contribution >= 0.6 is 11.8 Å². The second-order valence-corrected chi connectivity index (χ2v) is 6.63. The Morgan fingerprint density at radius 1 is 1.43 bits per heavy atom. The molecule has 1 N–H and O–H groups in total. The molecule has 6 heteroatoms. The number of nitrogens with zero attached hydrogens (tertiary/aromatic N) is 2. The average Bonchev–Trinajstić information content (AvgIpc) is 3.05. The summed E-state index contributed by atoms with van der Waals surface area (Å²) in [6, 6.07) is 10.1. The lowest BCUT2D eigenvalue weighted by Crippen LogP contribution is -2.52. The number of nitrogens with one attached hydrogen (secondary N) is 1. The summed E-state index contributed by atoms with van der Waals surface area (Å²) in [5.41, 5.74) is 1.84. The minimum Gasteiger partial charge on any atom is -0.444 e. The maximum atomic E-state index is 12.3. The van der Waals surface area contributed by atoms with Crippen LogP contribution in [-0.2, 0) is 10.5 Å².